The second-order valence-corrected chi connectivity index (χ2v) is 7.28. The summed E-state index contributed by atoms with van der Waals surface area (Å²) >= 11 is 4.90. The van der Waals surface area contributed by atoms with Gasteiger partial charge in [0.25, 0.3) is 11.6 Å². The van der Waals surface area contributed by atoms with Crippen LogP contribution in [0.15, 0.2) is 51.4 Å². The number of aromatic amines is 1. The fourth-order valence-corrected chi connectivity index (χ4v) is 3.28. The predicted octanol–water partition coefficient (Wildman–Crippen LogP) is 3.57. The standard InChI is InChI=1S/C15H10BrN5O3S/c16-14-6-5-13(25-14)11-7-12(19-18-11)15(22)20-17-8-9-1-3-10(4-2-9)21(23)24/h1-8H,(H,18,19)(H,20,22). The monoisotopic (exact) mass is 419 g/mol. The molecule has 0 unspecified atom stereocenters. The van der Waals surface area contributed by atoms with Gasteiger partial charge in [0, 0.05) is 12.1 Å². The van der Waals surface area contributed by atoms with E-state index in [1.54, 1.807) is 6.07 Å². The number of H-pyrrole nitrogens is 1. The summed E-state index contributed by atoms with van der Waals surface area (Å²) in [5.74, 6) is -0.462. The van der Waals surface area contributed by atoms with E-state index < -0.39 is 10.8 Å². The Morgan fingerprint density at radius 3 is 2.72 bits per heavy atom. The van der Waals surface area contributed by atoms with Crippen LogP contribution >= 0.6 is 27.3 Å². The fourth-order valence-electron chi connectivity index (χ4n) is 1.93. The van der Waals surface area contributed by atoms with Crippen LogP contribution < -0.4 is 5.43 Å². The van der Waals surface area contributed by atoms with E-state index >= 15 is 0 Å². The topological polar surface area (TPSA) is 113 Å². The maximum Gasteiger partial charge on any atom is 0.291 e. The van der Waals surface area contributed by atoms with E-state index in [2.05, 4.69) is 36.7 Å². The zero-order valence-corrected chi connectivity index (χ0v) is 14.9. The minimum absolute atomic E-state index is 0.00884. The molecule has 0 fully saturated rings. The number of hydrogen-bond donors (Lipinski definition) is 2. The third-order valence-electron chi connectivity index (χ3n) is 3.13. The zero-order chi connectivity index (χ0) is 17.8. The molecule has 0 aliphatic carbocycles. The summed E-state index contributed by atoms with van der Waals surface area (Å²) in [6.45, 7) is 0. The van der Waals surface area contributed by atoms with Gasteiger partial charge in [-0.1, -0.05) is 0 Å². The van der Waals surface area contributed by atoms with E-state index in [1.165, 1.54) is 41.8 Å². The minimum atomic E-state index is -0.482. The first kappa shape index (κ1) is 17.0. The normalized spacial score (nSPS) is 10.9. The second-order valence-electron chi connectivity index (χ2n) is 4.82. The third-order valence-corrected chi connectivity index (χ3v) is 4.79. The zero-order valence-electron chi connectivity index (χ0n) is 12.5. The van der Waals surface area contributed by atoms with E-state index in [4.69, 9.17) is 0 Å². The summed E-state index contributed by atoms with van der Waals surface area (Å²) in [7, 11) is 0. The Morgan fingerprint density at radius 1 is 1.32 bits per heavy atom. The largest absolute Gasteiger partial charge is 0.291 e. The molecule has 0 spiro atoms. The molecule has 1 amide bonds. The van der Waals surface area contributed by atoms with E-state index in [-0.39, 0.29) is 11.4 Å². The highest BCUT2D eigenvalue weighted by atomic mass is 79.9. The Balaban J connectivity index is 1.62. The van der Waals surface area contributed by atoms with Crippen LogP contribution in [-0.4, -0.2) is 27.2 Å². The smallest absolute Gasteiger partial charge is 0.276 e. The molecule has 2 N–H and O–H groups in total. The quantitative estimate of drug-likeness (QED) is 0.373. The molecule has 10 heteroatoms. The van der Waals surface area contributed by atoms with Gasteiger partial charge >= 0.3 is 0 Å². The van der Waals surface area contributed by atoms with Gasteiger partial charge in [0.1, 0.15) is 0 Å². The lowest BCUT2D eigenvalue weighted by atomic mass is 10.2. The number of nitrogens with zero attached hydrogens (tertiary/aromatic N) is 3. The molecule has 0 aliphatic heterocycles. The number of nitrogens with one attached hydrogen (secondary N) is 2. The first-order valence-corrected chi connectivity index (χ1v) is 8.53. The number of hydrazone groups is 1. The summed E-state index contributed by atoms with van der Waals surface area (Å²) in [6, 6.07) is 11.3. The van der Waals surface area contributed by atoms with Gasteiger partial charge < -0.3 is 0 Å². The summed E-state index contributed by atoms with van der Waals surface area (Å²) in [5.41, 5.74) is 3.92. The average Bonchev–Trinajstić information content (AvgIpc) is 3.24. The Morgan fingerprint density at radius 2 is 2.08 bits per heavy atom. The van der Waals surface area contributed by atoms with Gasteiger partial charge in [-0.05, 0) is 51.8 Å². The van der Waals surface area contributed by atoms with Crippen LogP contribution in [0.5, 0.6) is 0 Å². The number of halogens is 1. The molecule has 0 saturated heterocycles. The highest BCUT2D eigenvalue weighted by Gasteiger charge is 2.12. The number of carbonyl (C=O) groups excluding carboxylic acids is 1. The fraction of sp³-hybridized carbons (Fsp3) is 0. The van der Waals surface area contributed by atoms with E-state index in [1.807, 2.05) is 12.1 Å². The van der Waals surface area contributed by atoms with Crippen molar-refractivity contribution in [2.24, 2.45) is 5.10 Å². The molecule has 0 atom stereocenters. The first-order chi connectivity index (χ1) is 12.0. The molecule has 3 aromatic rings. The highest BCUT2D eigenvalue weighted by molar-refractivity contribution is 9.11. The van der Waals surface area contributed by atoms with Gasteiger partial charge in [-0.2, -0.15) is 10.2 Å². The first-order valence-electron chi connectivity index (χ1n) is 6.92. The SMILES string of the molecule is O=C(NN=Cc1ccc([N+](=O)[O-])cc1)c1cc(-c2ccc(Br)s2)[nH]n1. The summed E-state index contributed by atoms with van der Waals surface area (Å²) in [4.78, 5) is 23.1. The van der Waals surface area contributed by atoms with Crippen molar-refractivity contribution in [1.29, 1.82) is 0 Å². The molecule has 126 valence electrons. The number of benzene rings is 1. The number of carbonyl (C=O) groups is 1. The molecule has 2 aromatic heterocycles. The van der Waals surface area contributed by atoms with Crippen molar-refractivity contribution in [1.82, 2.24) is 15.6 Å². The summed E-state index contributed by atoms with van der Waals surface area (Å²) < 4.78 is 0.982. The number of non-ortho nitro benzene ring substituents is 1. The Bertz CT molecular complexity index is 948. The van der Waals surface area contributed by atoms with Crippen LogP contribution in [0.3, 0.4) is 0 Å². The lowest BCUT2D eigenvalue weighted by molar-refractivity contribution is -0.384. The van der Waals surface area contributed by atoms with Crippen LogP contribution in [0, 0.1) is 10.1 Å². The summed E-state index contributed by atoms with van der Waals surface area (Å²) in [5, 5.41) is 21.2. The van der Waals surface area contributed by atoms with Gasteiger partial charge in [0.2, 0.25) is 0 Å². The number of amides is 1. The van der Waals surface area contributed by atoms with Gasteiger partial charge in [-0.3, -0.25) is 20.0 Å². The maximum absolute atomic E-state index is 12.0. The van der Waals surface area contributed by atoms with E-state index in [0.29, 0.717) is 5.56 Å². The highest BCUT2D eigenvalue weighted by Crippen LogP contribution is 2.30. The number of nitro benzene ring substituents is 1. The van der Waals surface area contributed by atoms with Crippen molar-refractivity contribution in [3.05, 3.63) is 67.6 Å². The van der Waals surface area contributed by atoms with Gasteiger partial charge in [-0.25, -0.2) is 5.43 Å². The van der Waals surface area contributed by atoms with Crippen LogP contribution in [0.25, 0.3) is 10.6 Å². The van der Waals surface area contributed by atoms with Crippen molar-refractivity contribution < 1.29 is 9.72 Å². The third kappa shape index (κ3) is 4.17. The molecule has 0 radical (unpaired) electrons. The van der Waals surface area contributed by atoms with Crippen molar-refractivity contribution in [3.63, 3.8) is 0 Å². The maximum atomic E-state index is 12.0. The molecule has 0 aliphatic rings. The van der Waals surface area contributed by atoms with E-state index in [0.717, 1.165) is 14.4 Å². The minimum Gasteiger partial charge on any atom is -0.276 e. The van der Waals surface area contributed by atoms with Crippen molar-refractivity contribution in [2.45, 2.75) is 0 Å². The van der Waals surface area contributed by atoms with Gasteiger partial charge in [0.15, 0.2) is 5.69 Å². The number of aromatic nitrogens is 2. The van der Waals surface area contributed by atoms with Crippen LogP contribution in [0.2, 0.25) is 0 Å². The number of thiophene rings is 1. The molecular weight excluding hydrogens is 410 g/mol. The molecule has 1 aromatic carbocycles. The summed E-state index contributed by atoms with van der Waals surface area (Å²) in [6.07, 6.45) is 1.39. The lowest BCUT2D eigenvalue weighted by Crippen LogP contribution is -2.17. The molecular formula is C15H10BrN5O3S. The molecule has 8 nitrogen and oxygen atoms in total. The van der Waals surface area contributed by atoms with Crippen molar-refractivity contribution in [2.75, 3.05) is 0 Å². The second kappa shape index (κ2) is 7.36. The average molecular weight is 420 g/mol. The van der Waals surface area contributed by atoms with Crippen LogP contribution in [0.1, 0.15) is 16.1 Å². The Hall–Kier alpha value is -2.85. The Labute approximate surface area is 153 Å². The molecule has 0 bridgehead atoms. The molecule has 3 rings (SSSR count). The Kier molecular flexibility index (Phi) is 5.00. The van der Waals surface area contributed by atoms with Crippen LogP contribution in [-0.2, 0) is 0 Å². The lowest BCUT2D eigenvalue weighted by Gasteiger charge is -1.95. The van der Waals surface area contributed by atoms with Gasteiger partial charge in [0.05, 0.1) is 25.5 Å². The molecule has 2 heterocycles. The predicted molar refractivity (Wildman–Crippen MR) is 97.8 cm³/mol. The van der Waals surface area contributed by atoms with Gasteiger partial charge in [-0.15, -0.1) is 11.3 Å². The van der Waals surface area contributed by atoms with Crippen molar-refractivity contribution >= 4 is 45.1 Å². The molecule has 0 saturated carbocycles. The van der Waals surface area contributed by atoms with Crippen LogP contribution in [0.4, 0.5) is 5.69 Å². The van der Waals surface area contributed by atoms with Crippen molar-refractivity contribution in [3.8, 4) is 10.6 Å². The number of rotatable bonds is 5. The number of nitro groups is 1. The number of hydrogen-bond acceptors (Lipinski definition) is 6. The molecule has 25 heavy (non-hydrogen) atoms. The van der Waals surface area contributed by atoms with E-state index in [9.17, 15) is 14.9 Å².